The summed E-state index contributed by atoms with van der Waals surface area (Å²) < 4.78 is 10.7. The average molecular weight is 330 g/mol. The first-order valence-corrected chi connectivity index (χ1v) is 8.32. The van der Waals surface area contributed by atoms with Gasteiger partial charge in [-0.3, -0.25) is 4.79 Å². The SMILES string of the molecule is CSc1c(/C=C/C(=O)OCc2ccccc2)oc(C)c1C(C)=O. The fraction of sp³-hybridized carbons (Fsp3) is 0.222. The fourth-order valence-electron chi connectivity index (χ4n) is 2.19. The Bertz CT molecular complexity index is 729. The Morgan fingerprint density at radius 1 is 1.26 bits per heavy atom. The number of rotatable bonds is 6. The number of hydrogen-bond acceptors (Lipinski definition) is 5. The Balaban J connectivity index is 2.06. The van der Waals surface area contributed by atoms with Gasteiger partial charge in [0.2, 0.25) is 0 Å². The van der Waals surface area contributed by atoms with Crippen molar-refractivity contribution in [1.82, 2.24) is 0 Å². The lowest BCUT2D eigenvalue weighted by atomic mass is 10.2. The van der Waals surface area contributed by atoms with Gasteiger partial charge in [0, 0.05) is 6.08 Å². The van der Waals surface area contributed by atoms with Crippen LogP contribution in [0.15, 0.2) is 45.7 Å². The lowest BCUT2D eigenvalue weighted by Gasteiger charge is -2.01. The smallest absolute Gasteiger partial charge is 0.331 e. The van der Waals surface area contributed by atoms with Gasteiger partial charge in [0.25, 0.3) is 0 Å². The second-order valence-corrected chi connectivity index (χ2v) is 5.73. The first-order chi connectivity index (χ1) is 11.0. The second-order valence-electron chi connectivity index (χ2n) is 4.91. The summed E-state index contributed by atoms with van der Waals surface area (Å²) in [5, 5.41) is 0. The molecular weight excluding hydrogens is 312 g/mol. The molecule has 1 aromatic carbocycles. The van der Waals surface area contributed by atoms with E-state index in [2.05, 4.69) is 0 Å². The van der Waals surface area contributed by atoms with Gasteiger partial charge in [-0.2, -0.15) is 0 Å². The van der Waals surface area contributed by atoms with Crippen LogP contribution in [0.4, 0.5) is 0 Å². The summed E-state index contributed by atoms with van der Waals surface area (Å²) in [4.78, 5) is 24.2. The third kappa shape index (κ3) is 4.36. The Morgan fingerprint density at radius 2 is 1.96 bits per heavy atom. The van der Waals surface area contributed by atoms with Gasteiger partial charge in [-0.15, -0.1) is 11.8 Å². The van der Waals surface area contributed by atoms with Crippen LogP contribution >= 0.6 is 11.8 Å². The van der Waals surface area contributed by atoms with Crippen LogP contribution in [-0.2, 0) is 16.1 Å². The van der Waals surface area contributed by atoms with E-state index in [1.54, 1.807) is 13.0 Å². The Kier molecular flexibility index (Phi) is 5.82. The summed E-state index contributed by atoms with van der Waals surface area (Å²) in [6, 6.07) is 9.45. The molecule has 0 spiro atoms. The number of carbonyl (C=O) groups excluding carboxylic acids is 2. The molecule has 0 aliphatic carbocycles. The number of ketones is 1. The molecule has 0 saturated carbocycles. The number of thioether (sulfide) groups is 1. The Labute approximate surface area is 139 Å². The summed E-state index contributed by atoms with van der Waals surface area (Å²) in [6.45, 7) is 3.45. The van der Waals surface area contributed by atoms with Gasteiger partial charge < -0.3 is 9.15 Å². The van der Waals surface area contributed by atoms with E-state index >= 15 is 0 Å². The molecular formula is C18H18O4S. The summed E-state index contributed by atoms with van der Waals surface area (Å²) in [5.74, 6) is 0.539. The summed E-state index contributed by atoms with van der Waals surface area (Å²) in [6.07, 6.45) is 4.71. The van der Waals surface area contributed by atoms with E-state index in [1.165, 1.54) is 24.8 Å². The zero-order valence-corrected chi connectivity index (χ0v) is 14.1. The molecule has 1 heterocycles. The number of carbonyl (C=O) groups is 2. The van der Waals surface area contributed by atoms with Crippen molar-refractivity contribution in [2.24, 2.45) is 0 Å². The van der Waals surface area contributed by atoms with Crippen LogP contribution in [0.1, 0.15) is 34.4 Å². The maximum absolute atomic E-state index is 11.8. The van der Waals surface area contributed by atoms with Gasteiger partial charge in [0.05, 0.1) is 10.5 Å². The zero-order chi connectivity index (χ0) is 16.8. The average Bonchev–Trinajstić information content (AvgIpc) is 2.87. The molecule has 0 aliphatic rings. The highest BCUT2D eigenvalue weighted by Crippen LogP contribution is 2.31. The van der Waals surface area contributed by atoms with Crippen LogP contribution in [0.3, 0.4) is 0 Å². The molecule has 5 heteroatoms. The molecule has 0 bridgehead atoms. The van der Waals surface area contributed by atoms with E-state index in [9.17, 15) is 9.59 Å². The van der Waals surface area contributed by atoms with E-state index in [-0.39, 0.29) is 12.4 Å². The number of benzene rings is 1. The van der Waals surface area contributed by atoms with Gasteiger partial charge >= 0.3 is 5.97 Å². The molecule has 0 saturated heterocycles. The Morgan fingerprint density at radius 3 is 2.57 bits per heavy atom. The van der Waals surface area contributed by atoms with E-state index in [0.717, 1.165) is 10.5 Å². The van der Waals surface area contributed by atoms with Crippen LogP contribution in [0, 0.1) is 6.92 Å². The predicted octanol–water partition coefficient (Wildman–Crippen LogP) is 4.27. The molecule has 0 fully saturated rings. The van der Waals surface area contributed by atoms with Crippen LogP contribution in [0.25, 0.3) is 6.08 Å². The molecule has 23 heavy (non-hydrogen) atoms. The number of aryl methyl sites for hydroxylation is 1. The molecule has 1 aromatic heterocycles. The van der Waals surface area contributed by atoms with Crippen molar-refractivity contribution in [2.45, 2.75) is 25.3 Å². The van der Waals surface area contributed by atoms with Gasteiger partial charge in [-0.25, -0.2) is 4.79 Å². The molecule has 120 valence electrons. The first kappa shape index (κ1) is 17.1. The summed E-state index contributed by atoms with van der Waals surface area (Å²) >= 11 is 1.42. The van der Waals surface area contributed by atoms with Crippen LogP contribution in [0.5, 0.6) is 0 Å². The van der Waals surface area contributed by atoms with Gasteiger partial charge in [0.1, 0.15) is 18.1 Å². The third-order valence-electron chi connectivity index (χ3n) is 3.22. The van der Waals surface area contributed by atoms with Crippen molar-refractivity contribution in [3.63, 3.8) is 0 Å². The largest absolute Gasteiger partial charge is 0.460 e. The van der Waals surface area contributed by atoms with Crippen LogP contribution in [0.2, 0.25) is 0 Å². The quantitative estimate of drug-likeness (QED) is 0.343. The number of Topliss-reactive ketones (excluding diaryl/α,β-unsaturated/α-hetero) is 1. The Hall–Kier alpha value is -2.27. The van der Waals surface area contributed by atoms with Crippen molar-refractivity contribution in [2.75, 3.05) is 6.26 Å². The van der Waals surface area contributed by atoms with Crippen molar-refractivity contribution in [3.05, 3.63) is 59.1 Å². The highest BCUT2D eigenvalue weighted by atomic mass is 32.2. The highest BCUT2D eigenvalue weighted by molar-refractivity contribution is 7.98. The highest BCUT2D eigenvalue weighted by Gasteiger charge is 2.19. The van der Waals surface area contributed by atoms with E-state index in [4.69, 9.17) is 9.15 Å². The van der Waals surface area contributed by atoms with Gasteiger partial charge in [-0.1, -0.05) is 30.3 Å². The van der Waals surface area contributed by atoms with E-state index in [1.807, 2.05) is 36.6 Å². The number of hydrogen-bond donors (Lipinski definition) is 0. The van der Waals surface area contributed by atoms with Crippen molar-refractivity contribution in [1.29, 1.82) is 0 Å². The van der Waals surface area contributed by atoms with E-state index < -0.39 is 5.97 Å². The molecule has 0 radical (unpaired) electrons. The normalized spacial score (nSPS) is 10.9. The molecule has 4 nitrogen and oxygen atoms in total. The number of esters is 1. The molecule has 2 rings (SSSR count). The summed E-state index contributed by atoms with van der Waals surface area (Å²) in [7, 11) is 0. The van der Waals surface area contributed by atoms with E-state index in [0.29, 0.717) is 17.1 Å². The second kappa shape index (κ2) is 7.83. The minimum atomic E-state index is -0.459. The predicted molar refractivity (Wildman–Crippen MR) is 90.5 cm³/mol. The third-order valence-corrected chi connectivity index (χ3v) is 4.03. The van der Waals surface area contributed by atoms with Gasteiger partial charge in [-0.05, 0) is 31.7 Å². The van der Waals surface area contributed by atoms with Crippen LogP contribution in [-0.4, -0.2) is 18.0 Å². The maximum atomic E-state index is 11.8. The zero-order valence-electron chi connectivity index (χ0n) is 13.3. The monoisotopic (exact) mass is 330 g/mol. The standard InChI is InChI=1S/C18H18O4S/c1-12(19)17-13(2)22-15(18(17)23-3)9-10-16(20)21-11-14-7-5-4-6-8-14/h4-10H,11H2,1-3H3/b10-9+. The lowest BCUT2D eigenvalue weighted by Crippen LogP contribution is -2.00. The van der Waals surface area contributed by atoms with Crippen molar-refractivity contribution < 1.29 is 18.7 Å². The van der Waals surface area contributed by atoms with Crippen molar-refractivity contribution >= 4 is 29.6 Å². The van der Waals surface area contributed by atoms with Gasteiger partial charge in [0.15, 0.2) is 5.78 Å². The lowest BCUT2D eigenvalue weighted by molar-refractivity contribution is -0.138. The molecule has 0 amide bonds. The minimum Gasteiger partial charge on any atom is -0.460 e. The van der Waals surface area contributed by atoms with Crippen LogP contribution < -0.4 is 0 Å². The molecule has 0 N–H and O–H groups in total. The summed E-state index contributed by atoms with van der Waals surface area (Å²) in [5.41, 5.74) is 1.49. The fourth-order valence-corrected chi connectivity index (χ4v) is 2.99. The molecule has 0 unspecified atom stereocenters. The minimum absolute atomic E-state index is 0.0538. The maximum Gasteiger partial charge on any atom is 0.331 e. The van der Waals surface area contributed by atoms with Crippen molar-refractivity contribution in [3.8, 4) is 0 Å². The number of ether oxygens (including phenoxy) is 1. The first-order valence-electron chi connectivity index (χ1n) is 7.10. The number of furan rings is 1. The molecule has 2 aromatic rings. The molecule has 0 aliphatic heterocycles. The molecule has 0 atom stereocenters. The topological polar surface area (TPSA) is 56.5 Å².